The van der Waals surface area contributed by atoms with Gasteiger partial charge in [-0.1, -0.05) is 6.07 Å². The summed E-state index contributed by atoms with van der Waals surface area (Å²) in [4.78, 5) is 27.6. The Balaban J connectivity index is 1.49. The van der Waals surface area contributed by atoms with E-state index in [9.17, 15) is 14.0 Å². The van der Waals surface area contributed by atoms with Crippen molar-refractivity contribution in [3.8, 4) is 0 Å². The van der Waals surface area contributed by atoms with Crippen LogP contribution in [0.3, 0.4) is 0 Å². The molecule has 1 aliphatic heterocycles. The van der Waals surface area contributed by atoms with E-state index >= 15 is 0 Å². The minimum absolute atomic E-state index is 0.0914. The molecule has 0 atom stereocenters. The molecule has 0 radical (unpaired) electrons. The summed E-state index contributed by atoms with van der Waals surface area (Å²) in [5, 5.41) is 2.85. The fourth-order valence-corrected chi connectivity index (χ4v) is 3.28. The van der Waals surface area contributed by atoms with Crippen LogP contribution in [0.2, 0.25) is 0 Å². The SMILES string of the molecule is CCOC(=O)c1cccc(NC(=O)C[NH+]2CCN(c3ccc(F)cc3)CC2)c1. The molecular formula is C21H25FN3O3+. The van der Waals surface area contributed by atoms with Crippen molar-refractivity contribution in [3.63, 3.8) is 0 Å². The zero-order valence-corrected chi connectivity index (χ0v) is 15.9. The average Bonchev–Trinajstić information content (AvgIpc) is 2.69. The molecule has 2 aromatic carbocycles. The normalized spacial score (nSPS) is 14.6. The van der Waals surface area contributed by atoms with Crippen LogP contribution in [0, 0.1) is 5.82 Å². The molecule has 3 rings (SSSR count). The van der Waals surface area contributed by atoms with Crippen LogP contribution < -0.4 is 15.1 Å². The highest BCUT2D eigenvalue weighted by molar-refractivity contribution is 5.94. The Kier molecular flexibility index (Phi) is 6.60. The second-order valence-electron chi connectivity index (χ2n) is 6.74. The molecule has 0 saturated carbocycles. The summed E-state index contributed by atoms with van der Waals surface area (Å²) in [6.07, 6.45) is 0. The fourth-order valence-electron chi connectivity index (χ4n) is 3.28. The molecule has 1 aliphatic rings. The van der Waals surface area contributed by atoms with Gasteiger partial charge >= 0.3 is 5.97 Å². The van der Waals surface area contributed by atoms with Gasteiger partial charge in [0.15, 0.2) is 6.54 Å². The number of ether oxygens (including phenoxy) is 1. The summed E-state index contributed by atoms with van der Waals surface area (Å²) in [6, 6.07) is 13.2. The summed E-state index contributed by atoms with van der Waals surface area (Å²) in [5.74, 6) is -0.732. The monoisotopic (exact) mass is 386 g/mol. The molecule has 1 heterocycles. The number of amides is 1. The third-order valence-electron chi connectivity index (χ3n) is 4.73. The van der Waals surface area contributed by atoms with Gasteiger partial charge in [-0.2, -0.15) is 0 Å². The van der Waals surface area contributed by atoms with Crippen molar-refractivity contribution in [2.24, 2.45) is 0 Å². The second kappa shape index (κ2) is 9.32. The first kappa shape index (κ1) is 19.8. The van der Waals surface area contributed by atoms with E-state index in [0.717, 1.165) is 31.9 Å². The number of piperazine rings is 1. The van der Waals surface area contributed by atoms with Gasteiger partial charge in [0.25, 0.3) is 5.91 Å². The van der Waals surface area contributed by atoms with Crippen LogP contribution >= 0.6 is 0 Å². The first-order valence-electron chi connectivity index (χ1n) is 9.46. The highest BCUT2D eigenvalue weighted by atomic mass is 19.1. The molecule has 7 heteroatoms. The molecule has 0 aromatic heterocycles. The van der Waals surface area contributed by atoms with Gasteiger partial charge in [-0.3, -0.25) is 4.79 Å². The summed E-state index contributed by atoms with van der Waals surface area (Å²) >= 11 is 0. The third-order valence-corrected chi connectivity index (χ3v) is 4.73. The van der Waals surface area contributed by atoms with Crippen molar-refractivity contribution in [2.45, 2.75) is 6.92 Å². The lowest BCUT2D eigenvalue weighted by Crippen LogP contribution is -3.15. The number of benzene rings is 2. The maximum absolute atomic E-state index is 13.1. The molecule has 1 amide bonds. The molecule has 28 heavy (non-hydrogen) atoms. The van der Waals surface area contributed by atoms with Crippen molar-refractivity contribution < 1.29 is 23.6 Å². The number of esters is 1. The van der Waals surface area contributed by atoms with Crippen LogP contribution in [0.5, 0.6) is 0 Å². The number of hydrogen-bond donors (Lipinski definition) is 2. The smallest absolute Gasteiger partial charge is 0.338 e. The van der Waals surface area contributed by atoms with E-state index in [0.29, 0.717) is 24.4 Å². The first-order chi connectivity index (χ1) is 13.5. The van der Waals surface area contributed by atoms with Gasteiger partial charge in [-0.25, -0.2) is 9.18 Å². The molecule has 6 nitrogen and oxygen atoms in total. The minimum Gasteiger partial charge on any atom is -0.462 e. The number of rotatable bonds is 6. The van der Waals surface area contributed by atoms with Gasteiger partial charge in [0.2, 0.25) is 0 Å². The summed E-state index contributed by atoms with van der Waals surface area (Å²) < 4.78 is 18.0. The molecule has 148 valence electrons. The van der Waals surface area contributed by atoms with E-state index in [-0.39, 0.29) is 11.7 Å². The van der Waals surface area contributed by atoms with Crippen LogP contribution in [0.25, 0.3) is 0 Å². The molecular weight excluding hydrogens is 361 g/mol. The van der Waals surface area contributed by atoms with Gasteiger partial charge < -0.3 is 19.9 Å². The first-order valence-corrected chi connectivity index (χ1v) is 9.46. The van der Waals surface area contributed by atoms with E-state index in [1.54, 1.807) is 43.3 Å². The lowest BCUT2D eigenvalue weighted by molar-refractivity contribution is -0.892. The standard InChI is InChI=1S/C21H24FN3O3/c1-2-28-21(27)16-4-3-5-18(14-16)23-20(26)15-24-10-12-25(13-11-24)19-8-6-17(22)7-9-19/h3-9,14H,2,10-13,15H2,1H3,(H,23,26)/p+1. The number of carbonyl (C=O) groups excluding carboxylic acids is 2. The summed E-state index contributed by atoms with van der Waals surface area (Å²) in [6.45, 7) is 5.70. The molecule has 2 aromatic rings. The largest absolute Gasteiger partial charge is 0.462 e. The fraction of sp³-hybridized carbons (Fsp3) is 0.333. The minimum atomic E-state index is -0.402. The van der Waals surface area contributed by atoms with Crippen LogP contribution in [0.1, 0.15) is 17.3 Å². The maximum Gasteiger partial charge on any atom is 0.338 e. The van der Waals surface area contributed by atoms with Gasteiger partial charge in [0.1, 0.15) is 5.82 Å². The number of halogens is 1. The highest BCUT2D eigenvalue weighted by Crippen LogP contribution is 2.14. The van der Waals surface area contributed by atoms with E-state index in [4.69, 9.17) is 4.74 Å². The number of anilines is 2. The van der Waals surface area contributed by atoms with Gasteiger partial charge in [0.05, 0.1) is 38.3 Å². The molecule has 0 spiro atoms. The zero-order valence-electron chi connectivity index (χ0n) is 15.9. The van der Waals surface area contributed by atoms with Crippen LogP contribution in [0.4, 0.5) is 15.8 Å². The van der Waals surface area contributed by atoms with E-state index in [1.807, 2.05) is 0 Å². The quantitative estimate of drug-likeness (QED) is 0.736. The predicted molar refractivity (Wildman–Crippen MR) is 105 cm³/mol. The molecule has 0 aliphatic carbocycles. The van der Waals surface area contributed by atoms with Crippen molar-refractivity contribution >= 4 is 23.3 Å². The molecule has 0 unspecified atom stereocenters. The summed E-state index contributed by atoms with van der Waals surface area (Å²) in [7, 11) is 0. The molecule has 2 N–H and O–H groups in total. The summed E-state index contributed by atoms with van der Waals surface area (Å²) in [5.41, 5.74) is 2.00. The van der Waals surface area contributed by atoms with E-state index in [2.05, 4.69) is 10.2 Å². The zero-order chi connectivity index (χ0) is 19.9. The van der Waals surface area contributed by atoms with Crippen LogP contribution in [0.15, 0.2) is 48.5 Å². The average molecular weight is 386 g/mol. The Morgan fingerprint density at radius 1 is 1.14 bits per heavy atom. The number of nitrogens with one attached hydrogen (secondary N) is 2. The van der Waals surface area contributed by atoms with E-state index in [1.165, 1.54) is 17.0 Å². The van der Waals surface area contributed by atoms with E-state index < -0.39 is 5.97 Å². The Morgan fingerprint density at radius 2 is 1.86 bits per heavy atom. The van der Waals surface area contributed by atoms with Crippen molar-refractivity contribution in [3.05, 3.63) is 59.9 Å². The number of carbonyl (C=O) groups is 2. The Hall–Kier alpha value is -2.93. The second-order valence-corrected chi connectivity index (χ2v) is 6.74. The van der Waals surface area contributed by atoms with Crippen molar-refractivity contribution in [2.75, 3.05) is 49.5 Å². The van der Waals surface area contributed by atoms with Gasteiger partial charge in [0, 0.05) is 11.4 Å². The predicted octanol–water partition coefficient (Wildman–Crippen LogP) is 1.35. The van der Waals surface area contributed by atoms with Gasteiger partial charge in [-0.15, -0.1) is 0 Å². The van der Waals surface area contributed by atoms with Crippen molar-refractivity contribution in [1.82, 2.24) is 0 Å². The highest BCUT2D eigenvalue weighted by Gasteiger charge is 2.22. The molecule has 1 saturated heterocycles. The van der Waals surface area contributed by atoms with Gasteiger partial charge in [-0.05, 0) is 49.4 Å². The van der Waals surface area contributed by atoms with Crippen LogP contribution in [-0.2, 0) is 9.53 Å². The lowest BCUT2D eigenvalue weighted by atomic mass is 10.2. The Morgan fingerprint density at radius 3 is 2.54 bits per heavy atom. The topological polar surface area (TPSA) is 63.1 Å². The molecule has 0 bridgehead atoms. The lowest BCUT2D eigenvalue weighted by Gasteiger charge is -2.33. The maximum atomic E-state index is 13.1. The van der Waals surface area contributed by atoms with Crippen LogP contribution in [-0.4, -0.2) is 51.2 Å². The Labute approximate surface area is 163 Å². The number of nitrogens with zero attached hydrogens (tertiary/aromatic N) is 1. The molecule has 1 fully saturated rings. The van der Waals surface area contributed by atoms with Crippen molar-refractivity contribution in [1.29, 1.82) is 0 Å². The Bertz CT molecular complexity index is 818. The number of quaternary nitrogens is 1. The number of hydrogen-bond acceptors (Lipinski definition) is 4. The third kappa shape index (κ3) is 5.29.